The predicted octanol–water partition coefficient (Wildman–Crippen LogP) is 3.38. The Morgan fingerprint density at radius 3 is 2.27 bits per heavy atom. The maximum absolute atomic E-state index is 5.45. The van der Waals surface area contributed by atoms with Crippen molar-refractivity contribution in [3.63, 3.8) is 0 Å². The SMILES string of the molecule is CCCC(CC)N(C)C(=S)N(C)SCC. The van der Waals surface area contributed by atoms with Gasteiger partial charge in [0.05, 0.1) is 0 Å². The van der Waals surface area contributed by atoms with Crippen molar-refractivity contribution in [2.24, 2.45) is 0 Å². The lowest BCUT2D eigenvalue weighted by atomic mass is 10.1. The third kappa shape index (κ3) is 5.07. The van der Waals surface area contributed by atoms with Crippen molar-refractivity contribution < 1.29 is 0 Å². The lowest BCUT2D eigenvalue weighted by molar-refractivity contribution is 0.321. The molecule has 0 spiro atoms. The zero-order valence-corrected chi connectivity index (χ0v) is 12.2. The molecule has 15 heavy (non-hydrogen) atoms. The van der Waals surface area contributed by atoms with Crippen LogP contribution in [0.2, 0.25) is 0 Å². The predicted molar refractivity (Wildman–Crippen MR) is 75.2 cm³/mol. The highest BCUT2D eigenvalue weighted by atomic mass is 32.2. The van der Waals surface area contributed by atoms with Gasteiger partial charge in [-0.3, -0.25) is 4.31 Å². The van der Waals surface area contributed by atoms with Gasteiger partial charge in [-0.1, -0.05) is 27.2 Å². The molecule has 0 heterocycles. The molecule has 1 unspecified atom stereocenters. The Kier molecular flexibility index (Phi) is 8.24. The molecule has 0 amide bonds. The monoisotopic (exact) mass is 248 g/mol. The first-order chi connectivity index (χ1) is 7.08. The highest BCUT2D eigenvalue weighted by Crippen LogP contribution is 2.15. The molecule has 2 nitrogen and oxygen atoms in total. The van der Waals surface area contributed by atoms with Gasteiger partial charge < -0.3 is 4.90 Å². The largest absolute Gasteiger partial charge is 0.349 e. The summed E-state index contributed by atoms with van der Waals surface area (Å²) in [5.41, 5.74) is 0. The molecule has 90 valence electrons. The minimum atomic E-state index is 0.586. The second kappa shape index (κ2) is 8.22. The van der Waals surface area contributed by atoms with Crippen LogP contribution < -0.4 is 0 Å². The first-order valence-electron chi connectivity index (χ1n) is 5.71. The van der Waals surface area contributed by atoms with E-state index in [1.165, 1.54) is 12.8 Å². The molecule has 4 heteroatoms. The molecule has 0 bridgehead atoms. The molecular formula is C11H24N2S2. The molecule has 0 aromatic heterocycles. The quantitative estimate of drug-likeness (QED) is 0.525. The van der Waals surface area contributed by atoms with E-state index in [1.54, 1.807) is 11.9 Å². The first-order valence-corrected chi connectivity index (χ1v) is 7.06. The lowest BCUT2D eigenvalue weighted by Crippen LogP contribution is -2.41. The Morgan fingerprint density at radius 1 is 1.27 bits per heavy atom. The van der Waals surface area contributed by atoms with Crippen LogP contribution >= 0.6 is 24.2 Å². The molecule has 0 saturated heterocycles. The maximum Gasteiger partial charge on any atom is 0.181 e. The van der Waals surface area contributed by atoms with Crippen molar-refractivity contribution in [1.29, 1.82) is 0 Å². The minimum Gasteiger partial charge on any atom is -0.349 e. The summed E-state index contributed by atoms with van der Waals surface area (Å²) in [6.45, 7) is 6.60. The van der Waals surface area contributed by atoms with E-state index >= 15 is 0 Å². The van der Waals surface area contributed by atoms with E-state index in [0.29, 0.717) is 6.04 Å². The van der Waals surface area contributed by atoms with Gasteiger partial charge in [0, 0.05) is 25.9 Å². The van der Waals surface area contributed by atoms with E-state index in [1.807, 2.05) is 7.05 Å². The van der Waals surface area contributed by atoms with Gasteiger partial charge in [0.2, 0.25) is 0 Å². The van der Waals surface area contributed by atoms with Gasteiger partial charge in [-0.15, -0.1) is 0 Å². The average Bonchev–Trinajstić information content (AvgIpc) is 2.24. The Labute approximate surface area is 105 Å². The molecule has 0 aliphatic carbocycles. The van der Waals surface area contributed by atoms with Crippen LogP contribution in [0.4, 0.5) is 0 Å². The summed E-state index contributed by atoms with van der Waals surface area (Å²) in [6, 6.07) is 0.586. The molecule has 0 radical (unpaired) electrons. The van der Waals surface area contributed by atoms with Gasteiger partial charge in [0.25, 0.3) is 0 Å². The summed E-state index contributed by atoms with van der Waals surface area (Å²) in [6.07, 6.45) is 3.60. The second-order valence-corrected chi connectivity index (χ2v) is 5.41. The normalized spacial score (nSPS) is 12.3. The van der Waals surface area contributed by atoms with Crippen molar-refractivity contribution in [3.05, 3.63) is 0 Å². The van der Waals surface area contributed by atoms with Gasteiger partial charge in [-0.05, 0) is 37.0 Å². The standard InChI is InChI=1S/C11H24N2S2/c1-6-9-10(7-2)12(4)11(14)13(5)15-8-3/h10H,6-9H2,1-5H3. The molecule has 0 saturated carbocycles. The van der Waals surface area contributed by atoms with Crippen molar-refractivity contribution in [3.8, 4) is 0 Å². The number of nitrogens with zero attached hydrogens (tertiary/aromatic N) is 2. The van der Waals surface area contributed by atoms with Gasteiger partial charge >= 0.3 is 0 Å². The molecule has 0 aliphatic rings. The van der Waals surface area contributed by atoms with E-state index in [0.717, 1.165) is 17.3 Å². The van der Waals surface area contributed by atoms with E-state index in [9.17, 15) is 0 Å². The number of thiocarbonyl (C=S) groups is 1. The van der Waals surface area contributed by atoms with E-state index in [-0.39, 0.29) is 0 Å². The van der Waals surface area contributed by atoms with Crippen LogP contribution in [0.3, 0.4) is 0 Å². The summed E-state index contributed by atoms with van der Waals surface area (Å²) in [5, 5.41) is 0.946. The van der Waals surface area contributed by atoms with Crippen LogP contribution in [0, 0.1) is 0 Å². The molecule has 0 aromatic carbocycles. The summed E-state index contributed by atoms with van der Waals surface area (Å²) < 4.78 is 2.09. The van der Waals surface area contributed by atoms with Crippen LogP contribution in [0.1, 0.15) is 40.0 Å². The molecule has 0 aromatic rings. The fourth-order valence-electron chi connectivity index (χ4n) is 1.63. The maximum atomic E-state index is 5.45. The number of rotatable bonds is 6. The summed E-state index contributed by atoms with van der Waals surface area (Å²) in [5.74, 6) is 1.06. The number of hydrogen-bond donors (Lipinski definition) is 0. The second-order valence-electron chi connectivity index (χ2n) is 3.66. The van der Waals surface area contributed by atoms with Crippen LogP contribution in [0.15, 0.2) is 0 Å². The van der Waals surface area contributed by atoms with Gasteiger partial charge in [0.15, 0.2) is 5.11 Å². The summed E-state index contributed by atoms with van der Waals surface area (Å²) in [7, 11) is 4.16. The highest BCUT2D eigenvalue weighted by Gasteiger charge is 2.17. The summed E-state index contributed by atoms with van der Waals surface area (Å²) >= 11 is 7.22. The molecular weight excluding hydrogens is 224 g/mol. The van der Waals surface area contributed by atoms with Crippen molar-refractivity contribution in [1.82, 2.24) is 9.21 Å². The van der Waals surface area contributed by atoms with E-state index in [2.05, 4.69) is 37.0 Å². The Bertz CT molecular complexity index is 185. The van der Waals surface area contributed by atoms with Crippen LogP contribution in [-0.2, 0) is 0 Å². The zero-order valence-electron chi connectivity index (χ0n) is 10.6. The van der Waals surface area contributed by atoms with Gasteiger partial charge in [-0.2, -0.15) is 0 Å². The first kappa shape index (κ1) is 15.0. The summed E-state index contributed by atoms with van der Waals surface area (Å²) in [4.78, 5) is 2.24. The molecule has 0 aliphatic heterocycles. The van der Waals surface area contributed by atoms with Crippen LogP contribution in [-0.4, -0.2) is 40.2 Å². The minimum absolute atomic E-state index is 0.586. The zero-order chi connectivity index (χ0) is 11.8. The van der Waals surface area contributed by atoms with Crippen molar-refractivity contribution in [2.75, 3.05) is 19.8 Å². The van der Waals surface area contributed by atoms with E-state index in [4.69, 9.17) is 12.2 Å². The number of hydrogen-bond acceptors (Lipinski definition) is 2. The molecule has 0 rings (SSSR count). The van der Waals surface area contributed by atoms with Crippen molar-refractivity contribution >= 4 is 29.3 Å². The third-order valence-corrected chi connectivity index (χ3v) is 4.03. The Balaban J connectivity index is 4.26. The molecule has 1 atom stereocenters. The Morgan fingerprint density at radius 2 is 1.87 bits per heavy atom. The lowest BCUT2D eigenvalue weighted by Gasteiger charge is -2.33. The smallest absolute Gasteiger partial charge is 0.181 e. The topological polar surface area (TPSA) is 6.48 Å². The Hall–Kier alpha value is 0.0400. The van der Waals surface area contributed by atoms with Gasteiger partial charge in [0.1, 0.15) is 0 Å². The molecule has 0 fully saturated rings. The highest BCUT2D eigenvalue weighted by molar-refractivity contribution is 7.98. The van der Waals surface area contributed by atoms with Crippen LogP contribution in [0.25, 0.3) is 0 Å². The fraction of sp³-hybridized carbons (Fsp3) is 0.909. The van der Waals surface area contributed by atoms with E-state index < -0.39 is 0 Å². The average molecular weight is 248 g/mol. The van der Waals surface area contributed by atoms with Gasteiger partial charge in [-0.25, -0.2) is 0 Å². The van der Waals surface area contributed by atoms with Crippen LogP contribution in [0.5, 0.6) is 0 Å². The van der Waals surface area contributed by atoms with Crippen molar-refractivity contribution in [2.45, 2.75) is 46.1 Å². The third-order valence-electron chi connectivity index (χ3n) is 2.53. The fourth-order valence-corrected chi connectivity index (χ4v) is 2.57. The molecule has 0 N–H and O–H groups in total.